The first kappa shape index (κ1) is 17.2. The van der Waals surface area contributed by atoms with Gasteiger partial charge in [-0.2, -0.15) is 0 Å². The summed E-state index contributed by atoms with van der Waals surface area (Å²) in [6, 6.07) is 4.80. The van der Waals surface area contributed by atoms with Crippen molar-refractivity contribution in [3.8, 4) is 5.75 Å². The predicted octanol–water partition coefficient (Wildman–Crippen LogP) is 3.71. The monoisotopic (exact) mass is 334 g/mol. The van der Waals surface area contributed by atoms with Gasteiger partial charge in [0, 0.05) is 18.0 Å². The highest BCUT2D eigenvalue weighted by Crippen LogP contribution is 2.42. The van der Waals surface area contributed by atoms with Crippen LogP contribution in [0.25, 0.3) is 0 Å². The average Bonchev–Trinajstić information content (AvgIpc) is 2.49. The minimum atomic E-state index is -0.464. The molecule has 1 aromatic carbocycles. The number of fused-ring (bicyclic) bond motifs is 2. The summed E-state index contributed by atoms with van der Waals surface area (Å²) in [7, 11) is 0. The number of hydrogen-bond donors (Lipinski definition) is 2. The minimum Gasteiger partial charge on any atom is -0.491 e. The molecule has 2 unspecified atom stereocenters. The van der Waals surface area contributed by atoms with Crippen LogP contribution >= 0.6 is 0 Å². The lowest BCUT2D eigenvalue weighted by Crippen LogP contribution is -2.48. The zero-order valence-corrected chi connectivity index (χ0v) is 14.4. The smallest absolute Gasteiger partial charge is 0.227 e. The van der Waals surface area contributed by atoms with Gasteiger partial charge < -0.3 is 15.8 Å². The zero-order chi connectivity index (χ0) is 17.3. The number of nitrogens with one attached hydrogen (secondary N) is 1. The van der Waals surface area contributed by atoms with E-state index in [0.29, 0.717) is 17.6 Å². The molecule has 0 saturated heterocycles. The lowest BCUT2D eigenvalue weighted by molar-refractivity contribution is -0.122. The van der Waals surface area contributed by atoms with E-state index in [4.69, 9.17) is 10.5 Å². The first-order valence-electron chi connectivity index (χ1n) is 8.96. The van der Waals surface area contributed by atoms with E-state index in [1.807, 2.05) is 13.8 Å². The summed E-state index contributed by atoms with van der Waals surface area (Å²) in [4.78, 5) is 12.6. The van der Waals surface area contributed by atoms with E-state index in [1.165, 1.54) is 12.5 Å². The Kier molecular flexibility index (Phi) is 5.09. The molecular weight excluding hydrogens is 307 g/mol. The summed E-state index contributed by atoms with van der Waals surface area (Å²) in [5.41, 5.74) is 6.49. The number of amides is 1. The molecule has 0 heterocycles. The fraction of sp³-hybridized carbons (Fsp3) is 0.632. The molecule has 0 aromatic heterocycles. The van der Waals surface area contributed by atoms with Gasteiger partial charge in [0.15, 0.2) is 0 Å². The summed E-state index contributed by atoms with van der Waals surface area (Å²) in [5.74, 6) is 0.717. The Balaban J connectivity index is 1.64. The second-order valence-corrected chi connectivity index (χ2v) is 7.49. The lowest BCUT2D eigenvalue weighted by atomic mass is 9.65. The third-order valence-corrected chi connectivity index (χ3v) is 5.35. The van der Waals surface area contributed by atoms with Crippen molar-refractivity contribution >= 4 is 11.6 Å². The molecule has 0 aliphatic heterocycles. The highest BCUT2D eigenvalue weighted by molar-refractivity contribution is 5.92. The predicted molar refractivity (Wildman–Crippen MR) is 92.3 cm³/mol. The number of ether oxygens (including phenoxy) is 1. The highest BCUT2D eigenvalue weighted by Gasteiger charge is 2.40. The van der Waals surface area contributed by atoms with Crippen LogP contribution < -0.4 is 15.8 Å². The number of benzene rings is 1. The second-order valence-electron chi connectivity index (χ2n) is 7.49. The summed E-state index contributed by atoms with van der Waals surface area (Å²) in [5, 5.41) is 2.75. The number of carbonyl (C=O) groups is 1. The molecule has 2 aliphatic carbocycles. The number of halogens is 1. The van der Waals surface area contributed by atoms with Gasteiger partial charge >= 0.3 is 0 Å². The van der Waals surface area contributed by atoms with Crippen LogP contribution in [0.5, 0.6) is 5.75 Å². The van der Waals surface area contributed by atoms with Crippen molar-refractivity contribution in [2.75, 3.05) is 5.32 Å². The maximum absolute atomic E-state index is 14.2. The van der Waals surface area contributed by atoms with Gasteiger partial charge in [0.2, 0.25) is 5.91 Å². The Morgan fingerprint density at radius 2 is 1.96 bits per heavy atom. The molecule has 5 heteroatoms. The third kappa shape index (κ3) is 3.72. The van der Waals surface area contributed by atoms with Crippen molar-refractivity contribution in [1.29, 1.82) is 0 Å². The topological polar surface area (TPSA) is 64.3 Å². The van der Waals surface area contributed by atoms with E-state index < -0.39 is 5.82 Å². The molecule has 132 valence electrons. The minimum absolute atomic E-state index is 0.0179. The van der Waals surface area contributed by atoms with Gasteiger partial charge in [-0.3, -0.25) is 4.79 Å². The van der Waals surface area contributed by atoms with Gasteiger partial charge in [-0.25, -0.2) is 4.39 Å². The molecular formula is C19H27FN2O2. The van der Waals surface area contributed by atoms with Crippen molar-refractivity contribution in [2.24, 2.45) is 23.5 Å². The van der Waals surface area contributed by atoms with E-state index in [-0.39, 0.29) is 29.7 Å². The number of rotatable bonds is 4. The van der Waals surface area contributed by atoms with Gasteiger partial charge in [0.05, 0.1) is 11.8 Å². The van der Waals surface area contributed by atoms with Crippen molar-refractivity contribution in [2.45, 2.75) is 58.1 Å². The maximum Gasteiger partial charge on any atom is 0.227 e. The van der Waals surface area contributed by atoms with E-state index in [2.05, 4.69) is 5.32 Å². The third-order valence-electron chi connectivity index (χ3n) is 5.35. The highest BCUT2D eigenvalue weighted by atomic mass is 19.1. The van der Waals surface area contributed by atoms with Crippen molar-refractivity contribution in [3.05, 3.63) is 24.0 Å². The second kappa shape index (κ2) is 7.09. The van der Waals surface area contributed by atoms with E-state index in [9.17, 15) is 9.18 Å². The fourth-order valence-corrected chi connectivity index (χ4v) is 4.18. The van der Waals surface area contributed by atoms with Crippen molar-refractivity contribution in [1.82, 2.24) is 0 Å². The standard InChI is InChI=1S/C19H27FN2O2/c1-11(2)24-15-6-7-17(16(20)10-15)22-19(23)14-8-12-4-3-5-13(9-14)18(12)21/h6-7,10-14,18H,3-5,8-9,21H2,1-2H3,(H,22,23). The van der Waals surface area contributed by atoms with E-state index in [0.717, 1.165) is 25.7 Å². The van der Waals surface area contributed by atoms with Gasteiger partial charge in [-0.15, -0.1) is 0 Å². The SMILES string of the molecule is CC(C)Oc1ccc(NC(=O)C2CC3CCCC(C2)C3N)c(F)c1. The molecule has 3 rings (SSSR count). The summed E-state index contributed by atoms with van der Waals surface area (Å²) < 4.78 is 19.7. The van der Waals surface area contributed by atoms with E-state index >= 15 is 0 Å². The van der Waals surface area contributed by atoms with Gasteiger partial charge in [0.25, 0.3) is 0 Å². The largest absolute Gasteiger partial charge is 0.491 e. The van der Waals surface area contributed by atoms with Crippen LogP contribution in [0, 0.1) is 23.6 Å². The Bertz CT molecular complexity index is 591. The Morgan fingerprint density at radius 3 is 2.54 bits per heavy atom. The first-order chi connectivity index (χ1) is 11.4. The quantitative estimate of drug-likeness (QED) is 0.882. The molecule has 2 atom stereocenters. The number of nitrogens with two attached hydrogens (primary N) is 1. The molecule has 1 aromatic rings. The summed E-state index contributed by atoms with van der Waals surface area (Å²) in [6.45, 7) is 3.77. The summed E-state index contributed by atoms with van der Waals surface area (Å²) in [6.07, 6.45) is 5.05. The molecule has 2 aliphatic rings. The average molecular weight is 334 g/mol. The molecule has 0 spiro atoms. The van der Waals surface area contributed by atoms with Gasteiger partial charge in [-0.1, -0.05) is 6.42 Å². The molecule has 24 heavy (non-hydrogen) atoms. The molecule has 2 fully saturated rings. The van der Waals surface area contributed by atoms with Crippen molar-refractivity contribution < 1.29 is 13.9 Å². The van der Waals surface area contributed by atoms with Crippen LogP contribution in [0.3, 0.4) is 0 Å². The van der Waals surface area contributed by atoms with Crippen LogP contribution in [0.1, 0.15) is 46.0 Å². The van der Waals surface area contributed by atoms with E-state index in [1.54, 1.807) is 12.1 Å². The Labute approximate surface area is 142 Å². The van der Waals surface area contributed by atoms with Gasteiger partial charge in [0.1, 0.15) is 11.6 Å². The summed E-state index contributed by atoms with van der Waals surface area (Å²) >= 11 is 0. The van der Waals surface area contributed by atoms with Gasteiger partial charge in [-0.05, 0) is 63.5 Å². The number of hydrogen-bond acceptors (Lipinski definition) is 3. The molecule has 3 N–H and O–H groups in total. The normalized spacial score (nSPS) is 29.4. The van der Waals surface area contributed by atoms with Crippen LogP contribution in [0.4, 0.5) is 10.1 Å². The maximum atomic E-state index is 14.2. The lowest BCUT2D eigenvalue weighted by Gasteiger charge is -2.43. The van der Waals surface area contributed by atoms with Crippen LogP contribution in [0.2, 0.25) is 0 Å². The first-order valence-corrected chi connectivity index (χ1v) is 8.96. The number of carbonyl (C=O) groups excluding carboxylic acids is 1. The molecule has 0 radical (unpaired) electrons. The molecule has 2 bridgehead atoms. The number of anilines is 1. The zero-order valence-electron chi connectivity index (χ0n) is 14.4. The Hall–Kier alpha value is -1.62. The Morgan fingerprint density at radius 1 is 1.29 bits per heavy atom. The van der Waals surface area contributed by atoms with Crippen LogP contribution in [-0.4, -0.2) is 18.1 Å². The van der Waals surface area contributed by atoms with Crippen LogP contribution in [-0.2, 0) is 4.79 Å². The molecule has 4 nitrogen and oxygen atoms in total. The van der Waals surface area contributed by atoms with Crippen molar-refractivity contribution in [3.63, 3.8) is 0 Å². The molecule has 2 saturated carbocycles. The van der Waals surface area contributed by atoms with Crippen LogP contribution in [0.15, 0.2) is 18.2 Å². The fourth-order valence-electron chi connectivity index (χ4n) is 4.18. The molecule has 1 amide bonds.